The maximum Gasteiger partial charge on any atom is 0.407 e. The second kappa shape index (κ2) is 8.89. The van der Waals surface area contributed by atoms with E-state index < -0.39 is 11.7 Å². The molecule has 1 aromatic rings. The van der Waals surface area contributed by atoms with Crippen LogP contribution < -0.4 is 10.6 Å². The van der Waals surface area contributed by atoms with Crippen molar-refractivity contribution < 1.29 is 18.7 Å². The lowest BCUT2D eigenvalue weighted by molar-refractivity contribution is -0.123. The molecular weight excluding hydrogens is 322 g/mol. The fourth-order valence-corrected chi connectivity index (χ4v) is 2.85. The highest BCUT2D eigenvalue weighted by Crippen LogP contribution is 2.16. The van der Waals surface area contributed by atoms with Gasteiger partial charge in [-0.05, 0) is 52.3 Å². The van der Waals surface area contributed by atoms with Crippen LogP contribution in [0.1, 0.15) is 45.8 Å². The van der Waals surface area contributed by atoms with E-state index in [0.717, 1.165) is 31.6 Å². The summed E-state index contributed by atoms with van der Waals surface area (Å²) in [5.41, 5.74) is -0.512. The standard InChI is InChI=1S/C18H29N3O4/c1-18(2,3)25-17(23)20-11-14-7-4-5-9-21(14)13-16(22)19-12-15-8-6-10-24-15/h6,8,10,14H,4-5,7,9,11-13H2,1-3H3,(H,19,22)(H,20,23)/t14-/m0/s1. The number of nitrogens with one attached hydrogen (secondary N) is 2. The van der Waals surface area contributed by atoms with Gasteiger partial charge < -0.3 is 19.8 Å². The van der Waals surface area contributed by atoms with Crippen LogP contribution in [0.2, 0.25) is 0 Å². The van der Waals surface area contributed by atoms with Gasteiger partial charge in [-0.1, -0.05) is 6.42 Å². The molecule has 0 unspecified atom stereocenters. The molecule has 2 rings (SSSR count). The van der Waals surface area contributed by atoms with Crippen molar-refractivity contribution in [3.05, 3.63) is 24.2 Å². The fourth-order valence-electron chi connectivity index (χ4n) is 2.85. The zero-order chi connectivity index (χ0) is 18.3. The summed E-state index contributed by atoms with van der Waals surface area (Å²) < 4.78 is 10.5. The number of carbonyl (C=O) groups excluding carboxylic acids is 2. The van der Waals surface area contributed by atoms with Crippen molar-refractivity contribution in [3.8, 4) is 0 Å². The molecule has 1 aliphatic rings. The lowest BCUT2D eigenvalue weighted by atomic mass is 10.0. The van der Waals surface area contributed by atoms with E-state index >= 15 is 0 Å². The molecule has 0 saturated carbocycles. The van der Waals surface area contributed by atoms with Crippen LogP contribution >= 0.6 is 0 Å². The van der Waals surface area contributed by atoms with E-state index in [0.29, 0.717) is 19.6 Å². The van der Waals surface area contributed by atoms with Crippen LogP contribution in [0.4, 0.5) is 4.79 Å². The Labute approximate surface area is 149 Å². The Morgan fingerprint density at radius 1 is 1.32 bits per heavy atom. The van der Waals surface area contributed by atoms with Crippen LogP contribution in [0.15, 0.2) is 22.8 Å². The molecule has 0 aliphatic carbocycles. The minimum Gasteiger partial charge on any atom is -0.467 e. The van der Waals surface area contributed by atoms with Gasteiger partial charge in [0.2, 0.25) is 5.91 Å². The summed E-state index contributed by atoms with van der Waals surface area (Å²) in [7, 11) is 0. The third kappa shape index (κ3) is 7.17. The predicted molar refractivity (Wildman–Crippen MR) is 94.0 cm³/mol. The van der Waals surface area contributed by atoms with E-state index in [-0.39, 0.29) is 11.9 Å². The number of amides is 2. The van der Waals surface area contributed by atoms with Crippen molar-refractivity contribution in [1.82, 2.24) is 15.5 Å². The Kier molecular flexibility index (Phi) is 6.87. The van der Waals surface area contributed by atoms with Crippen molar-refractivity contribution in [2.24, 2.45) is 0 Å². The molecule has 1 aromatic heterocycles. The van der Waals surface area contributed by atoms with E-state index in [2.05, 4.69) is 15.5 Å². The number of rotatable bonds is 6. The van der Waals surface area contributed by atoms with Gasteiger partial charge in [0.15, 0.2) is 0 Å². The number of nitrogens with zero attached hydrogens (tertiary/aromatic N) is 1. The first-order chi connectivity index (χ1) is 11.8. The number of carbonyl (C=O) groups is 2. The fraction of sp³-hybridized carbons (Fsp3) is 0.667. The Hall–Kier alpha value is -2.02. The topological polar surface area (TPSA) is 83.8 Å². The third-order valence-corrected chi connectivity index (χ3v) is 4.02. The van der Waals surface area contributed by atoms with E-state index in [9.17, 15) is 9.59 Å². The average Bonchev–Trinajstić information content (AvgIpc) is 3.04. The van der Waals surface area contributed by atoms with Crippen LogP contribution in [0.5, 0.6) is 0 Å². The number of alkyl carbamates (subject to hydrolysis) is 1. The zero-order valence-corrected chi connectivity index (χ0v) is 15.3. The Morgan fingerprint density at radius 2 is 2.12 bits per heavy atom. The average molecular weight is 351 g/mol. The van der Waals surface area contributed by atoms with E-state index in [1.807, 2.05) is 26.8 Å². The molecule has 1 fully saturated rings. The van der Waals surface area contributed by atoms with Crippen molar-refractivity contribution in [2.75, 3.05) is 19.6 Å². The SMILES string of the molecule is CC(C)(C)OC(=O)NC[C@@H]1CCCCN1CC(=O)NCc1ccco1. The summed E-state index contributed by atoms with van der Waals surface area (Å²) in [4.78, 5) is 26.1. The normalized spacial score (nSPS) is 18.6. The molecule has 25 heavy (non-hydrogen) atoms. The van der Waals surface area contributed by atoms with Gasteiger partial charge in [0, 0.05) is 12.6 Å². The van der Waals surface area contributed by atoms with Gasteiger partial charge in [-0.15, -0.1) is 0 Å². The zero-order valence-electron chi connectivity index (χ0n) is 15.3. The van der Waals surface area contributed by atoms with Crippen molar-refractivity contribution in [3.63, 3.8) is 0 Å². The monoisotopic (exact) mass is 351 g/mol. The lowest BCUT2D eigenvalue weighted by Gasteiger charge is -2.35. The van der Waals surface area contributed by atoms with Crippen LogP contribution in [-0.2, 0) is 16.1 Å². The van der Waals surface area contributed by atoms with Crippen molar-refractivity contribution in [2.45, 2.75) is 58.2 Å². The van der Waals surface area contributed by atoms with Crippen LogP contribution in [0, 0.1) is 0 Å². The van der Waals surface area contributed by atoms with Gasteiger partial charge in [0.25, 0.3) is 0 Å². The van der Waals surface area contributed by atoms with E-state index in [1.165, 1.54) is 0 Å². The number of piperidine rings is 1. The first kappa shape index (κ1) is 19.3. The molecule has 0 spiro atoms. The quantitative estimate of drug-likeness (QED) is 0.821. The van der Waals surface area contributed by atoms with Crippen LogP contribution in [0.3, 0.4) is 0 Å². The molecule has 1 aliphatic heterocycles. The van der Waals surface area contributed by atoms with Crippen molar-refractivity contribution >= 4 is 12.0 Å². The highest BCUT2D eigenvalue weighted by atomic mass is 16.6. The molecule has 0 bridgehead atoms. The van der Waals surface area contributed by atoms with Crippen molar-refractivity contribution in [1.29, 1.82) is 0 Å². The first-order valence-corrected chi connectivity index (χ1v) is 8.83. The maximum absolute atomic E-state index is 12.2. The number of hydrogen-bond donors (Lipinski definition) is 2. The summed E-state index contributed by atoms with van der Waals surface area (Å²) in [6.45, 7) is 7.56. The van der Waals surface area contributed by atoms with E-state index in [4.69, 9.17) is 9.15 Å². The summed E-state index contributed by atoms with van der Waals surface area (Å²) in [5, 5.41) is 5.68. The highest BCUT2D eigenvalue weighted by molar-refractivity contribution is 5.78. The molecular formula is C18H29N3O4. The molecule has 0 radical (unpaired) electrons. The largest absolute Gasteiger partial charge is 0.467 e. The summed E-state index contributed by atoms with van der Waals surface area (Å²) >= 11 is 0. The van der Waals surface area contributed by atoms with Crippen LogP contribution in [-0.4, -0.2) is 48.2 Å². The minimum absolute atomic E-state index is 0.0411. The Bertz CT molecular complexity index is 551. The summed E-state index contributed by atoms with van der Waals surface area (Å²) in [5.74, 6) is 0.690. The lowest BCUT2D eigenvalue weighted by Crippen LogP contribution is -2.50. The number of furan rings is 1. The van der Waals surface area contributed by atoms with Gasteiger partial charge in [-0.25, -0.2) is 4.79 Å². The molecule has 2 amide bonds. The molecule has 2 heterocycles. The molecule has 140 valence electrons. The van der Waals surface area contributed by atoms with Gasteiger partial charge in [-0.2, -0.15) is 0 Å². The molecule has 7 nitrogen and oxygen atoms in total. The number of likely N-dealkylation sites (tertiary alicyclic amines) is 1. The maximum atomic E-state index is 12.2. The molecule has 7 heteroatoms. The smallest absolute Gasteiger partial charge is 0.407 e. The first-order valence-electron chi connectivity index (χ1n) is 8.83. The third-order valence-electron chi connectivity index (χ3n) is 4.02. The molecule has 0 aromatic carbocycles. The van der Waals surface area contributed by atoms with Gasteiger partial charge >= 0.3 is 6.09 Å². The van der Waals surface area contributed by atoms with E-state index in [1.54, 1.807) is 12.3 Å². The molecule has 1 saturated heterocycles. The number of hydrogen-bond acceptors (Lipinski definition) is 5. The highest BCUT2D eigenvalue weighted by Gasteiger charge is 2.25. The summed E-state index contributed by atoms with van der Waals surface area (Å²) in [6, 6.07) is 3.77. The minimum atomic E-state index is -0.512. The van der Waals surface area contributed by atoms with Gasteiger partial charge in [0.1, 0.15) is 11.4 Å². The Morgan fingerprint density at radius 3 is 2.80 bits per heavy atom. The Balaban J connectivity index is 1.77. The molecule has 2 N–H and O–H groups in total. The second-order valence-electron chi connectivity index (χ2n) is 7.36. The second-order valence-corrected chi connectivity index (χ2v) is 7.36. The number of ether oxygens (including phenoxy) is 1. The molecule has 1 atom stereocenters. The van der Waals surface area contributed by atoms with Gasteiger partial charge in [-0.3, -0.25) is 9.69 Å². The predicted octanol–water partition coefficient (Wildman–Crippen LogP) is 2.28. The summed E-state index contributed by atoms with van der Waals surface area (Å²) in [6.07, 6.45) is 4.30. The van der Waals surface area contributed by atoms with Crippen LogP contribution in [0.25, 0.3) is 0 Å². The van der Waals surface area contributed by atoms with Gasteiger partial charge in [0.05, 0.1) is 19.4 Å².